The number of benzene rings is 1. The number of hydrogen-bond donors (Lipinski definition) is 1. The molecule has 1 aliphatic carbocycles. The lowest BCUT2D eigenvalue weighted by molar-refractivity contribution is 0.484. The summed E-state index contributed by atoms with van der Waals surface area (Å²) in [5.74, 6) is 0.842. The topological polar surface area (TPSA) is 24.9 Å². The zero-order chi connectivity index (χ0) is 12.8. The number of fused-ring (bicyclic) bond motifs is 1. The van der Waals surface area contributed by atoms with Crippen LogP contribution in [-0.2, 0) is 0 Å². The molecule has 1 saturated carbocycles. The molecule has 0 radical (unpaired) electrons. The van der Waals surface area contributed by atoms with Crippen LogP contribution in [0.15, 0.2) is 24.3 Å². The van der Waals surface area contributed by atoms with Gasteiger partial charge in [-0.3, -0.25) is 0 Å². The van der Waals surface area contributed by atoms with Gasteiger partial charge in [0.05, 0.1) is 16.3 Å². The molecule has 1 N–H and O–H groups in total. The van der Waals surface area contributed by atoms with E-state index in [2.05, 4.69) is 50.4 Å². The number of rotatable bonds is 4. The van der Waals surface area contributed by atoms with Crippen LogP contribution in [0.2, 0.25) is 0 Å². The highest BCUT2D eigenvalue weighted by atomic mass is 32.1. The Kier molecular flexibility index (Phi) is 2.91. The molecule has 0 aliphatic heterocycles. The lowest BCUT2D eigenvalue weighted by Gasteiger charge is -2.11. The fraction of sp³-hybridized carbons (Fsp3) is 0.533. The highest BCUT2D eigenvalue weighted by Crippen LogP contribution is 2.51. The monoisotopic (exact) mass is 260 g/mol. The summed E-state index contributed by atoms with van der Waals surface area (Å²) in [5.41, 5.74) is 1.68. The van der Waals surface area contributed by atoms with Crippen LogP contribution in [0.3, 0.4) is 0 Å². The van der Waals surface area contributed by atoms with Gasteiger partial charge in [-0.2, -0.15) is 0 Å². The zero-order valence-corrected chi connectivity index (χ0v) is 12.1. The molecule has 2 aromatic rings. The fourth-order valence-electron chi connectivity index (χ4n) is 2.41. The van der Waals surface area contributed by atoms with E-state index in [1.807, 2.05) is 0 Å². The van der Waals surface area contributed by atoms with Gasteiger partial charge in [-0.05, 0) is 43.4 Å². The third-order valence-corrected chi connectivity index (χ3v) is 5.29. The molecule has 96 valence electrons. The van der Waals surface area contributed by atoms with Crippen molar-refractivity contribution < 1.29 is 0 Å². The summed E-state index contributed by atoms with van der Waals surface area (Å²) in [6, 6.07) is 8.73. The predicted molar refractivity (Wildman–Crippen MR) is 77.9 cm³/mol. The Morgan fingerprint density at radius 2 is 2.17 bits per heavy atom. The molecule has 0 amide bonds. The van der Waals surface area contributed by atoms with Gasteiger partial charge in [0.1, 0.15) is 5.01 Å². The Morgan fingerprint density at radius 1 is 1.44 bits per heavy atom. The smallest absolute Gasteiger partial charge is 0.111 e. The highest BCUT2D eigenvalue weighted by Gasteiger charge is 2.44. The van der Waals surface area contributed by atoms with Gasteiger partial charge >= 0.3 is 0 Å². The highest BCUT2D eigenvalue weighted by molar-refractivity contribution is 7.18. The van der Waals surface area contributed by atoms with Crippen molar-refractivity contribution in [3.05, 3.63) is 29.3 Å². The molecule has 0 spiro atoms. The van der Waals surface area contributed by atoms with Gasteiger partial charge in [-0.1, -0.05) is 26.0 Å². The summed E-state index contributed by atoms with van der Waals surface area (Å²) in [7, 11) is 0. The maximum atomic E-state index is 4.70. The molecule has 3 rings (SSSR count). The van der Waals surface area contributed by atoms with Crippen molar-refractivity contribution in [3.8, 4) is 0 Å². The van der Waals surface area contributed by atoms with E-state index in [1.165, 1.54) is 16.1 Å². The number of hydrogen-bond acceptors (Lipinski definition) is 3. The van der Waals surface area contributed by atoms with Gasteiger partial charge in [0.15, 0.2) is 0 Å². The van der Waals surface area contributed by atoms with Crippen molar-refractivity contribution in [3.63, 3.8) is 0 Å². The van der Waals surface area contributed by atoms with Crippen LogP contribution in [0.5, 0.6) is 0 Å². The molecular formula is C15H20N2S. The molecule has 18 heavy (non-hydrogen) atoms. The first-order valence-electron chi connectivity index (χ1n) is 6.65. The summed E-state index contributed by atoms with van der Waals surface area (Å²) in [4.78, 5) is 4.70. The summed E-state index contributed by atoms with van der Waals surface area (Å²) in [6.07, 6.45) is 1.35. The van der Waals surface area contributed by atoms with Crippen molar-refractivity contribution in [2.24, 2.45) is 11.3 Å². The summed E-state index contributed by atoms with van der Waals surface area (Å²) in [6.45, 7) is 8.03. The molecule has 1 aliphatic rings. The lowest BCUT2D eigenvalue weighted by atomic mass is 10.1. The van der Waals surface area contributed by atoms with Crippen molar-refractivity contribution in [2.45, 2.75) is 33.2 Å². The number of thiazole rings is 1. The van der Waals surface area contributed by atoms with Crippen LogP contribution in [0, 0.1) is 11.3 Å². The SMILES string of the molecule is CC(NCC1CC1(C)C)c1nc2ccccc2s1. The lowest BCUT2D eigenvalue weighted by Crippen LogP contribution is -2.22. The third-order valence-electron chi connectivity index (χ3n) is 4.07. The number of aromatic nitrogens is 1. The minimum atomic E-state index is 0.360. The summed E-state index contributed by atoms with van der Waals surface area (Å²) < 4.78 is 1.29. The normalized spacial score (nSPS) is 23.2. The second-order valence-electron chi connectivity index (χ2n) is 6.04. The summed E-state index contributed by atoms with van der Waals surface area (Å²) in [5, 5.41) is 4.83. The Bertz CT molecular complexity index is 525. The molecule has 2 unspecified atom stereocenters. The molecule has 3 heteroatoms. The first-order valence-corrected chi connectivity index (χ1v) is 7.47. The molecule has 2 nitrogen and oxygen atoms in total. The molecular weight excluding hydrogens is 240 g/mol. The van der Waals surface area contributed by atoms with E-state index in [0.717, 1.165) is 18.0 Å². The van der Waals surface area contributed by atoms with E-state index in [1.54, 1.807) is 11.3 Å². The van der Waals surface area contributed by atoms with Gasteiger partial charge in [0.25, 0.3) is 0 Å². The quantitative estimate of drug-likeness (QED) is 0.899. The number of nitrogens with zero attached hydrogens (tertiary/aromatic N) is 1. The average molecular weight is 260 g/mol. The molecule has 1 heterocycles. The van der Waals surface area contributed by atoms with Crippen molar-refractivity contribution >= 4 is 21.6 Å². The largest absolute Gasteiger partial charge is 0.308 e. The van der Waals surface area contributed by atoms with E-state index in [-0.39, 0.29) is 0 Å². The minimum absolute atomic E-state index is 0.360. The van der Waals surface area contributed by atoms with E-state index < -0.39 is 0 Å². The Morgan fingerprint density at radius 3 is 2.83 bits per heavy atom. The molecule has 2 atom stereocenters. The van der Waals surface area contributed by atoms with Crippen LogP contribution >= 0.6 is 11.3 Å². The van der Waals surface area contributed by atoms with Gasteiger partial charge in [0.2, 0.25) is 0 Å². The second kappa shape index (κ2) is 4.32. The van der Waals surface area contributed by atoms with Gasteiger partial charge < -0.3 is 5.32 Å². The molecule has 1 aromatic carbocycles. The summed E-state index contributed by atoms with van der Waals surface area (Å²) >= 11 is 1.80. The van der Waals surface area contributed by atoms with Gasteiger partial charge in [-0.25, -0.2) is 4.98 Å². The fourth-order valence-corrected chi connectivity index (χ4v) is 3.40. The first kappa shape index (κ1) is 12.1. The van der Waals surface area contributed by atoms with Gasteiger partial charge in [-0.15, -0.1) is 11.3 Å². The first-order chi connectivity index (χ1) is 8.56. The zero-order valence-electron chi connectivity index (χ0n) is 11.2. The van der Waals surface area contributed by atoms with Crippen molar-refractivity contribution in [1.82, 2.24) is 10.3 Å². The average Bonchev–Trinajstić information content (AvgIpc) is 2.77. The van der Waals surface area contributed by atoms with Crippen LogP contribution < -0.4 is 5.32 Å². The van der Waals surface area contributed by atoms with Crippen molar-refractivity contribution in [2.75, 3.05) is 6.54 Å². The second-order valence-corrected chi connectivity index (χ2v) is 7.10. The Hall–Kier alpha value is -0.930. The van der Waals surface area contributed by atoms with E-state index >= 15 is 0 Å². The van der Waals surface area contributed by atoms with Gasteiger partial charge in [0, 0.05) is 0 Å². The van der Waals surface area contributed by atoms with E-state index in [4.69, 9.17) is 4.98 Å². The predicted octanol–water partition coefficient (Wildman–Crippen LogP) is 3.99. The van der Waals surface area contributed by atoms with Crippen molar-refractivity contribution in [1.29, 1.82) is 0 Å². The molecule has 1 fully saturated rings. The van der Waals surface area contributed by atoms with Crippen LogP contribution in [0.1, 0.15) is 38.2 Å². The Balaban J connectivity index is 1.66. The van der Waals surface area contributed by atoms with E-state index in [0.29, 0.717) is 11.5 Å². The maximum absolute atomic E-state index is 4.70. The minimum Gasteiger partial charge on any atom is -0.308 e. The van der Waals surface area contributed by atoms with Crippen LogP contribution in [-0.4, -0.2) is 11.5 Å². The van der Waals surface area contributed by atoms with E-state index in [9.17, 15) is 0 Å². The Labute approximate surface area is 112 Å². The molecule has 0 saturated heterocycles. The maximum Gasteiger partial charge on any atom is 0.111 e. The molecule has 1 aromatic heterocycles. The van der Waals surface area contributed by atoms with Crippen LogP contribution in [0.25, 0.3) is 10.2 Å². The standard InChI is InChI=1S/C15H20N2S/c1-10(16-9-11-8-15(11,2)3)14-17-12-6-4-5-7-13(12)18-14/h4-7,10-11,16H,8-9H2,1-3H3. The number of nitrogens with one attached hydrogen (secondary N) is 1. The molecule has 0 bridgehead atoms. The number of para-hydroxylation sites is 1. The van der Waals surface area contributed by atoms with Crippen LogP contribution in [0.4, 0.5) is 0 Å². The third kappa shape index (κ3) is 2.29.